The number of Topliss-reactive ketones (excluding diaryl/α,β-unsaturated/α-hetero) is 1. The summed E-state index contributed by atoms with van der Waals surface area (Å²) in [7, 11) is 0. The van der Waals surface area contributed by atoms with Crippen LogP contribution in [0.1, 0.15) is 31.8 Å². The first-order valence-corrected chi connectivity index (χ1v) is 8.44. The van der Waals surface area contributed by atoms with Crippen molar-refractivity contribution in [3.8, 4) is 0 Å². The van der Waals surface area contributed by atoms with Crippen molar-refractivity contribution in [2.75, 3.05) is 6.61 Å². The molecule has 0 saturated heterocycles. The number of nitro groups is 1. The highest BCUT2D eigenvalue weighted by molar-refractivity contribution is 7.14. The second kappa shape index (κ2) is 8.54. The van der Waals surface area contributed by atoms with Crippen LogP contribution in [0.5, 0.6) is 0 Å². The van der Waals surface area contributed by atoms with Crippen LogP contribution in [-0.4, -0.2) is 29.2 Å². The van der Waals surface area contributed by atoms with Gasteiger partial charge in [0.15, 0.2) is 6.61 Å². The minimum absolute atomic E-state index is 0.0123. The zero-order valence-electron chi connectivity index (χ0n) is 13.5. The number of hydrogen-bond donors (Lipinski definition) is 1. The topological polar surface area (TPSA) is 116 Å². The van der Waals surface area contributed by atoms with Crippen LogP contribution in [-0.2, 0) is 16.1 Å². The molecular weight excluding hydrogens is 384 g/mol. The lowest BCUT2D eigenvalue weighted by Gasteiger charge is -2.05. The molecule has 0 aliphatic carbocycles. The summed E-state index contributed by atoms with van der Waals surface area (Å²) in [5.74, 6) is -1.55. The quantitative estimate of drug-likeness (QED) is 0.333. The van der Waals surface area contributed by atoms with E-state index in [2.05, 4.69) is 5.32 Å². The van der Waals surface area contributed by atoms with Gasteiger partial charge in [-0.3, -0.25) is 19.7 Å². The van der Waals surface area contributed by atoms with Crippen molar-refractivity contribution in [2.45, 2.75) is 13.5 Å². The van der Waals surface area contributed by atoms with Gasteiger partial charge in [0.2, 0.25) is 11.7 Å². The maximum atomic E-state index is 12.1. The normalized spacial score (nSPS) is 10.2. The third-order valence-electron chi connectivity index (χ3n) is 3.16. The van der Waals surface area contributed by atoms with Gasteiger partial charge in [-0.1, -0.05) is 11.6 Å². The summed E-state index contributed by atoms with van der Waals surface area (Å²) in [6.45, 7) is 1.16. The van der Waals surface area contributed by atoms with E-state index in [1.807, 2.05) is 0 Å². The van der Waals surface area contributed by atoms with Crippen LogP contribution in [0.15, 0.2) is 30.3 Å². The number of esters is 1. The minimum Gasteiger partial charge on any atom is -0.454 e. The van der Waals surface area contributed by atoms with Crippen LogP contribution in [0.4, 0.5) is 5.69 Å². The summed E-state index contributed by atoms with van der Waals surface area (Å²) in [5, 5.41) is 13.4. The molecule has 10 heteroatoms. The molecule has 1 amide bonds. The molecule has 0 aliphatic rings. The number of benzene rings is 1. The molecule has 1 heterocycles. The first-order chi connectivity index (χ1) is 12.3. The number of nitrogens with zero attached hydrogens (tertiary/aromatic N) is 1. The molecule has 0 spiro atoms. The highest BCUT2D eigenvalue weighted by atomic mass is 35.5. The van der Waals surface area contributed by atoms with Gasteiger partial charge < -0.3 is 10.1 Å². The number of thiophene rings is 1. The first-order valence-electron chi connectivity index (χ1n) is 7.25. The van der Waals surface area contributed by atoms with Crippen molar-refractivity contribution in [2.24, 2.45) is 0 Å². The van der Waals surface area contributed by atoms with Crippen LogP contribution in [0.3, 0.4) is 0 Å². The van der Waals surface area contributed by atoms with Crippen molar-refractivity contribution in [1.82, 2.24) is 5.32 Å². The molecule has 1 aromatic carbocycles. The first kappa shape index (κ1) is 19.5. The number of nitro benzene ring substituents is 1. The SMILES string of the molecule is CC(=O)NCc1ccc(C(=O)COC(=O)c2cc([N+](=O)[O-])ccc2Cl)s1. The van der Waals surface area contributed by atoms with Crippen molar-refractivity contribution in [3.05, 3.63) is 60.8 Å². The van der Waals surface area contributed by atoms with Gasteiger partial charge in [-0.2, -0.15) is 0 Å². The number of amides is 1. The number of rotatable bonds is 7. The molecular formula is C16H13ClN2O6S. The summed E-state index contributed by atoms with van der Waals surface area (Å²) in [4.78, 5) is 46.2. The van der Waals surface area contributed by atoms with E-state index >= 15 is 0 Å². The lowest BCUT2D eigenvalue weighted by atomic mass is 10.2. The molecule has 136 valence electrons. The minimum atomic E-state index is -0.929. The zero-order chi connectivity index (χ0) is 19.3. The molecule has 0 bridgehead atoms. The maximum Gasteiger partial charge on any atom is 0.340 e. The Hall–Kier alpha value is -2.78. The molecule has 1 N–H and O–H groups in total. The molecule has 2 rings (SSSR count). The maximum absolute atomic E-state index is 12.1. The number of hydrogen-bond acceptors (Lipinski definition) is 7. The standard InChI is InChI=1S/C16H13ClN2O6S/c1-9(20)18-7-11-3-5-15(26-11)14(21)8-25-16(22)12-6-10(19(23)24)2-4-13(12)17/h2-6H,7-8H2,1H3,(H,18,20). The molecule has 8 nitrogen and oxygen atoms in total. The number of carbonyl (C=O) groups excluding carboxylic acids is 3. The fourth-order valence-corrected chi connectivity index (χ4v) is 2.96. The second-order valence-electron chi connectivity index (χ2n) is 5.10. The fraction of sp³-hybridized carbons (Fsp3) is 0.188. The second-order valence-corrected chi connectivity index (χ2v) is 6.67. The van der Waals surface area contributed by atoms with Gasteiger partial charge in [-0.25, -0.2) is 4.79 Å². The van der Waals surface area contributed by atoms with E-state index in [0.29, 0.717) is 11.4 Å². The van der Waals surface area contributed by atoms with Crippen LogP contribution < -0.4 is 5.32 Å². The van der Waals surface area contributed by atoms with Gasteiger partial charge in [-0.05, 0) is 18.2 Å². The van der Waals surface area contributed by atoms with E-state index in [4.69, 9.17) is 16.3 Å². The van der Waals surface area contributed by atoms with E-state index in [1.165, 1.54) is 24.3 Å². The van der Waals surface area contributed by atoms with Crippen molar-refractivity contribution in [3.63, 3.8) is 0 Å². The van der Waals surface area contributed by atoms with Crippen LogP contribution in [0.25, 0.3) is 0 Å². The average molecular weight is 397 g/mol. The Balaban J connectivity index is 1.99. The third-order valence-corrected chi connectivity index (χ3v) is 4.62. The molecule has 2 aromatic rings. The van der Waals surface area contributed by atoms with Crippen molar-refractivity contribution < 1.29 is 24.0 Å². The van der Waals surface area contributed by atoms with Gasteiger partial charge in [0.25, 0.3) is 5.69 Å². The predicted molar refractivity (Wildman–Crippen MR) is 94.6 cm³/mol. The van der Waals surface area contributed by atoms with E-state index in [-0.39, 0.29) is 22.2 Å². The highest BCUT2D eigenvalue weighted by Crippen LogP contribution is 2.23. The van der Waals surface area contributed by atoms with Gasteiger partial charge in [0, 0.05) is 23.9 Å². The monoisotopic (exact) mass is 396 g/mol. The van der Waals surface area contributed by atoms with E-state index < -0.39 is 23.3 Å². The Labute approximate surface area is 156 Å². The smallest absolute Gasteiger partial charge is 0.340 e. The van der Waals surface area contributed by atoms with Gasteiger partial charge in [-0.15, -0.1) is 11.3 Å². The van der Waals surface area contributed by atoms with E-state index in [9.17, 15) is 24.5 Å². The predicted octanol–water partition coefficient (Wildman–Crippen LogP) is 2.99. The molecule has 0 atom stereocenters. The van der Waals surface area contributed by atoms with Crippen LogP contribution >= 0.6 is 22.9 Å². The number of ether oxygens (including phenoxy) is 1. The van der Waals surface area contributed by atoms with Gasteiger partial charge in [0.05, 0.1) is 26.9 Å². The average Bonchev–Trinajstić information content (AvgIpc) is 3.06. The van der Waals surface area contributed by atoms with E-state index in [1.54, 1.807) is 12.1 Å². The molecule has 26 heavy (non-hydrogen) atoms. The highest BCUT2D eigenvalue weighted by Gasteiger charge is 2.19. The summed E-state index contributed by atoms with van der Waals surface area (Å²) in [6.07, 6.45) is 0. The summed E-state index contributed by atoms with van der Waals surface area (Å²) in [6, 6.07) is 6.62. The number of halogens is 1. The number of ketones is 1. The molecule has 0 fully saturated rings. The van der Waals surface area contributed by atoms with Gasteiger partial charge >= 0.3 is 5.97 Å². The largest absolute Gasteiger partial charge is 0.454 e. The zero-order valence-corrected chi connectivity index (χ0v) is 15.1. The Morgan fingerprint density at radius 1 is 1.27 bits per heavy atom. The lowest BCUT2D eigenvalue weighted by molar-refractivity contribution is -0.384. The molecule has 1 aromatic heterocycles. The Morgan fingerprint density at radius 2 is 2.00 bits per heavy atom. The molecule has 0 radical (unpaired) electrons. The number of carbonyl (C=O) groups is 3. The summed E-state index contributed by atoms with van der Waals surface area (Å²) in [5.41, 5.74) is -0.500. The van der Waals surface area contributed by atoms with Crippen molar-refractivity contribution >= 4 is 46.3 Å². The van der Waals surface area contributed by atoms with Crippen LogP contribution in [0, 0.1) is 10.1 Å². The van der Waals surface area contributed by atoms with E-state index in [0.717, 1.165) is 17.0 Å². The van der Waals surface area contributed by atoms with Crippen LogP contribution in [0.2, 0.25) is 5.02 Å². The lowest BCUT2D eigenvalue weighted by Crippen LogP contribution is -2.18. The molecule has 0 saturated carbocycles. The van der Waals surface area contributed by atoms with Gasteiger partial charge in [0.1, 0.15) is 0 Å². The fourth-order valence-electron chi connectivity index (χ4n) is 1.90. The molecule has 0 unspecified atom stereocenters. The summed E-state index contributed by atoms with van der Waals surface area (Å²) < 4.78 is 4.91. The summed E-state index contributed by atoms with van der Waals surface area (Å²) >= 11 is 7.02. The Bertz CT molecular complexity index is 879. The third kappa shape index (κ3) is 5.11. The Kier molecular flexibility index (Phi) is 6.42. The Morgan fingerprint density at radius 3 is 2.65 bits per heavy atom. The number of non-ortho nitro benzene ring substituents is 1. The number of nitrogens with one attached hydrogen (secondary N) is 1. The van der Waals surface area contributed by atoms with Crippen molar-refractivity contribution in [1.29, 1.82) is 0 Å². The molecule has 0 aliphatic heterocycles.